The number of carbonyl (C=O) groups is 1. The molecule has 0 aliphatic rings. The summed E-state index contributed by atoms with van der Waals surface area (Å²) in [6, 6.07) is 13.9. The summed E-state index contributed by atoms with van der Waals surface area (Å²) in [4.78, 5) is 17.7. The van der Waals surface area contributed by atoms with E-state index in [0.717, 1.165) is 32.0 Å². The van der Waals surface area contributed by atoms with Crippen LogP contribution < -0.4 is 4.90 Å². The number of aromatic nitrogens is 1. The summed E-state index contributed by atoms with van der Waals surface area (Å²) in [6.07, 6.45) is 3.89. The van der Waals surface area contributed by atoms with Gasteiger partial charge in [0.2, 0.25) is 0 Å². The summed E-state index contributed by atoms with van der Waals surface area (Å²) >= 11 is 1.62. The Labute approximate surface area is 144 Å². The minimum absolute atomic E-state index is 0.00119. The molecule has 3 rings (SSSR count). The van der Waals surface area contributed by atoms with E-state index in [0.29, 0.717) is 0 Å². The monoisotopic (exact) mass is 338 g/mol. The first-order valence-electron chi connectivity index (χ1n) is 7.58. The number of thiazole rings is 1. The van der Waals surface area contributed by atoms with E-state index in [2.05, 4.69) is 4.98 Å². The van der Waals surface area contributed by atoms with Gasteiger partial charge in [-0.05, 0) is 41.5 Å². The van der Waals surface area contributed by atoms with Crippen molar-refractivity contribution < 1.29 is 9.90 Å². The Bertz CT molecular complexity index is 880. The lowest BCUT2D eigenvalue weighted by Crippen LogP contribution is -2.10. The Balaban J connectivity index is 1.93. The van der Waals surface area contributed by atoms with Gasteiger partial charge >= 0.3 is 5.97 Å². The smallest absolute Gasteiger partial charge is 0.307 e. The molecule has 1 aromatic heterocycles. The Morgan fingerprint density at radius 1 is 1.21 bits per heavy atom. The van der Waals surface area contributed by atoms with Crippen LogP contribution in [0.3, 0.4) is 0 Å². The lowest BCUT2D eigenvalue weighted by molar-refractivity contribution is -0.136. The molecule has 1 N–H and O–H groups in total. The molecule has 0 saturated carbocycles. The quantitative estimate of drug-likeness (QED) is 0.759. The molecule has 5 heteroatoms. The van der Waals surface area contributed by atoms with Gasteiger partial charge in [-0.15, -0.1) is 11.3 Å². The third kappa shape index (κ3) is 3.63. The summed E-state index contributed by atoms with van der Waals surface area (Å²) in [6.45, 7) is 0. The molecule has 0 radical (unpaired) electrons. The van der Waals surface area contributed by atoms with Gasteiger partial charge in [0.25, 0.3) is 0 Å². The molecule has 0 spiro atoms. The average molecular weight is 338 g/mol. The van der Waals surface area contributed by atoms with E-state index < -0.39 is 5.97 Å². The molecule has 1 heterocycles. The molecule has 0 unspecified atom stereocenters. The molecule has 122 valence electrons. The summed E-state index contributed by atoms with van der Waals surface area (Å²) in [7, 11) is 3.88. The minimum atomic E-state index is -0.833. The number of benzene rings is 2. The van der Waals surface area contributed by atoms with Crippen LogP contribution in [0.2, 0.25) is 0 Å². The molecule has 0 atom stereocenters. The highest BCUT2D eigenvalue weighted by atomic mass is 32.1. The number of fused-ring (bicyclic) bond motifs is 1. The molecule has 3 aromatic rings. The van der Waals surface area contributed by atoms with Crippen molar-refractivity contribution in [3.05, 3.63) is 58.6 Å². The summed E-state index contributed by atoms with van der Waals surface area (Å²) in [5.74, 6) is -0.833. The predicted molar refractivity (Wildman–Crippen MR) is 101 cm³/mol. The van der Waals surface area contributed by atoms with E-state index in [-0.39, 0.29) is 6.42 Å². The maximum Gasteiger partial charge on any atom is 0.307 e. The molecule has 0 fully saturated rings. The first-order valence-corrected chi connectivity index (χ1v) is 8.40. The van der Waals surface area contributed by atoms with Crippen molar-refractivity contribution in [2.75, 3.05) is 19.0 Å². The second-order valence-corrected chi connectivity index (χ2v) is 6.76. The normalized spacial score (nSPS) is 11.2. The Kier molecular flexibility index (Phi) is 4.62. The van der Waals surface area contributed by atoms with Gasteiger partial charge in [-0.1, -0.05) is 24.3 Å². The Morgan fingerprint density at radius 2 is 2.00 bits per heavy atom. The van der Waals surface area contributed by atoms with Gasteiger partial charge in [0.1, 0.15) is 5.01 Å². The second-order valence-electron chi connectivity index (χ2n) is 5.70. The molecule has 0 aliphatic carbocycles. The Morgan fingerprint density at radius 3 is 2.71 bits per heavy atom. The molecule has 0 bridgehead atoms. The molecule has 0 saturated heterocycles. The van der Waals surface area contributed by atoms with E-state index in [1.807, 2.05) is 73.6 Å². The van der Waals surface area contributed by atoms with Crippen LogP contribution in [-0.2, 0) is 11.2 Å². The van der Waals surface area contributed by atoms with Crippen molar-refractivity contribution in [3.63, 3.8) is 0 Å². The molecule has 0 amide bonds. The Hall–Kier alpha value is -2.66. The highest BCUT2D eigenvalue weighted by molar-refractivity contribution is 7.19. The van der Waals surface area contributed by atoms with Crippen LogP contribution in [0.4, 0.5) is 5.69 Å². The highest BCUT2D eigenvalue weighted by Gasteiger charge is 2.08. The van der Waals surface area contributed by atoms with E-state index >= 15 is 0 Å². The van der Waals surface area contributed by atoms with Gasteiger partial charge in [-0.25, -0.2) is 4.98 Å². The van der Waals surface area contributed by atoms with Crippen LogP contribution in [0.15, 0.2) is 42.5 Å². The largest absolute Gasteiger partial charge is 0.481 e. The standard InChI is InChI=1S/C19H18N2O2S/c1-21(2)15-9-7-13(14(11-15)12-19(22)23)8-10-18-20-16-5-3-4-6-17(16)24-18/h3-11H,12H2,1-2H3,(H,22,23)/b10-8+. The first kappa shape index (κ1) is 16.2. The van der Waals surface area contributed by atoms with Crippen molar-refractivity contribution in [1.82, 2.24) is 4.98 Å². The maximum atomic E-state index is 11.1. The molecular weight excluding hydrogens is 320 g/mol. The van der Waals surface area contributed by atoms with Crippen molar-refractivity contribution in [3.8, 4) is 0 Å². The van der Waals surface area contributed by atoms with Crippen LogP contribution >= 0.6 is 11.3 Å². The zero-order valence-corrected chi connectivity index (χ0v) is 14.4. The van der Waals surface area contributed by atoms with Gasteiger partial charge in [0.05, 0.1) is 16.6 Å². The third-order valence-corrected chi connectivity index (χ3v) is 4.70. The summed E-state index contributed by atoms with van der Waals surface area (Å²) < 4.78 is 1.14. The maximum absolute atomic E-state index is 11.1. The van der Waals surface area contributed by atoms with Crippen LogP contribution in [-0.4, -0.2) is 30.2 Å². The second kappa shape index (κ2) is 6.84. The summed E-state index contributed by atoms with van der Waals surface area (Å²) in [5, 5.41) is 10.1. The minimum Gasteiger partial charge on any atom is -0.481 e. The number of hydrogen-bond donors (Lipinski definition) is 1. The molecule has 4 nitrogen and oxygen atoms in total. The molecular formula is C19H18N2O2S. The molecule has 2 aromatic carbocycles. The fourth-order valence-corrected chi connectivity index (χ4v) is 3.34. The van der Waals surface area contributed by atoms with Crippen LogP contribution in [0.25, 0.3) is 22.4 Å². The van der Waals surface area contributed by atoms with Crippen molar-refractivity contribution in [1.29, 1.82) is 0 Å². The van der Waals surface area contributed by atoms with Crippen molar-refractivity contribution >= 4 is 45.4 Å². The topological polar surface area (TPSA) is 53.4 Å². The lowest BCUT2D eigenvalue weighted by Gasteiger charge is -2.15. The van der Waals surface area contributed by atoms with Gasteiger partial charge < -0.3 is 10.0 Å². The molecule has 0 aliphatic heterocycles. The van der Waals surface area contributed by atoms with Crippen molar-refractivity contribution in [2.24, 2.45) is 0 Å². The van der Waals surface area contributed by atoms with E-state index in [4.69, 9.17) is 5.11 Å². The van der Waals surface area contributed by atoms with Gasteiger partial charge in [0.15, 0.2) is 0 Å². The fraction of sp³-hybridized carbons (Fsp3) is 0.158. The van der Waals surface area contributed by atoms with E-state index in [1.54, 1.807) is 11.3 Å². The third-order valence-electron chi connectivity index (χ3n) is 3.70. The zero-order valence-electron chi connectivity index (χ0n) is 13.6. The number of para-hydroxylation sites is 1. The van der Waals surface area contributed by atoms with E-state index in [9.17, 15) is 4.79 Å². The van der Waals surface area contributed by atoms with Crippen LogP contribution in [0, 0.1) is 0 Å². The fourth-order valence-electron chi connectivity index (χ4n) is 2.47. The first-order chi connectivity index (χ1) is 11.5. The number of rotatable bonds is 5. The van der Waals surface area contributed by atoms with Crippen LogP contribution in [0.1, 0.15) is 16.1 Å². The highest BCUT2D eigenvalue weighted by Crippen LogP contribution is 2.25. The van der Waals surface area contributed by atoms with Crippen LogP contribution in [0.5, 0.6) is 0 Å². The number of nitrogens with zero attached hydrogens (tertiary/aromatic N) is 2. The van der Waals surface area contributed by atoms with Crippen molar-refractivity contribution in [2.45, 2.75) is 6.42 Å². The number of carboxylic acids is 1. The SMILES string of the molecule is CN(C)c1ccc(/C=C/c2nc3ccccc3s2)c(CC(=O)O)c1. The predicted octanol–water partition coefficient (Wildman–Crippen LogP) is 4.16. The zero-order chi connectivity index (χ0) is 17.1. The van der Waals surface area contributed by atoms with E-state index in [1.165, 1.54) is 0 Å². The molecule has 24 heavy (non-hydrogen) atoms. The number of hydrogen-bond acceptors (Lipinski definition) is 4. The number of anilines is 1. The number of carboxylic acid groups (broad SMARTS) is 1. The van der Waals surface area contributed by atoms with Gasteiger partial charge in [0, 0.05) is 19.8 Å². The van der Waals surface area contributed by atoms with Gasteiger partial charge in [-0.3, -0.25) is 4.79 Å². The van der Waals surface area contributed by atoms with Gasteiger partial charge in [-0.2, -0.15) is 0 Å². The lowest BCUT2D eigenvalue weighted by atomic mass is 10.0. The summed E-state index contributed by atoms with van der Waals surface area (Å²) in [5.41, 5.74) is 3.67. The number of aliphatic carboxylic acids is 1. The average Bonchev–Trinajstić information content (AvgIpc) is 2.95.